The zero-order valence-corrected chi connectivity index (χ0v) is 15.5. The second-order valence-electron chi connectivity index (χ2n) is 5.09. The summed E-state index contributed by atoms with van der Waals surface area (Å²) in [6.07, 6.45) is 2.91. The van der Waals surface area contributed by atoms with Gasteiger partial charge in [0.15, 0.2) is 5.67 Å². The smallest absolute Gasteiger partial charge is 0.159 e. The summed E-state index contributed by atoms with van der Waals surface area (Å²) in [6.45, 7) is 6.81. The minimum Gasteiger partial charge on any atom is -0.381 e. The van der Waals surface area contributed by atoms with Gasteiger partial charge in [-0.05, 0) is 50.0 Å². The lowest BCUT2D eigenvalue weighted by molar-refractivity contribution is -0.0767. The fourth-order valence-electron chi connectivity index (χ4n) is 2.15. The van der Waals surface area contributed by atoms with Gasteiger partial charge in [-0.2, -0.15) is 0 Å². The summed E-state index contributed by atoms with van der Waals surface area (Å²) < 4.78 is 30.4. The normalized spacial score (nSPS) is 15.6. The summed E-state index contributed by atoms with van der Waals surface area (Å²) in [4.78, 5) is 3.16. The number of methoxy groups -OCH3 is 1. The Bertz CT molecular complexity index is 398. The van der Waals surface area contributed by atoms with E-state index in [1.165, 1.54) is 19.2 Å². The average Bonchev–Trinajstić information content (AvgIpc) is 2.54. The van der Waals surface area contributed by atoms with Crippen molar-refractivity contribution in [2.24, 2.45) is 5.73 Å². The Morgan fingerprint density at radius 3 is 2.26 bits per heavy atom. The van der Waals surface area contributed by atoms with Crippen molar-refractivity contribution in [2.75, 3.05) is 46.2 Å². The molecule has 1 aliphatic rings. The van der Waals surface area contributed by atoms with Crippen LogP contribution in [0, 0.1) is 5.82 Å². The molecule has 0 unspecified atom stereocenters. The summed E-state index contributed by atoms with van der Waals surface area (Å²) in [6, 6.07) is 6.46. The highest BCUT2D eigenvalue weighted by atomic mass is 32.2. The molecule has 0 saturated carbocycles. The topological polar surface area (TPSA) is 38.5 Å². The van der Waals surface area contributed by atoms with Gasteiger partial charge in [0.25, 0.3) is 0 Å². The van der Waals surface area contributed by atoms with Crippen LogP contribution >= 0.6 is 11.8 Å². The van der Waals surface area contributed by atoms with Crippen LogP contribution in [0.5, 0.6) is 0 Å². The van der Waals surface area contributed by atoms with Gasteiger partial charge in [0.2, 0.25) is 0 Å². The fourth-order valence-corrected chi connectivity index (χ4v) is 2.56. The number of nitrogens with zero attached hydrogens (tertiary/aromatic N) is 1. The van der Waals surface area contributed by atoms with Crippen LogP contribution in [0.2, 0.25) is 0 Å². The molecule has 3 nitrogen and oxygen atoms in total. The Kier molecular flexibility index (Phi) is 12.3. The summed E-state index contributed by atoms with van der Waals surface area (Å²) in [5.74, 6) is -0.173. The van der Waals surface area contributed by atoms with E-state index in [1.54, 1.807) is 23.9 Å². The van der Waals surface area contributed by atoms with Gasteiger partial charge >= 0.3 is 0 Å². The zero-order valence-electron chi connectivity index (χ0n) is 14.6. The quantitative estimate of drug-likeness (QED) is 0.798. The molecule has 2 rings (SSSR count). The molecule has 1 heterocycles. The average molecular weight is 349 g/mol. The van der Waals surface area contributed by atoms with Gasteiger partial charge in [-0.25, -0.2) is 8.78 Å². The van der Waals surface area contributed by atoms with Crippen LogP contribution in [0.3, 0.4) is 0 Å². The minimum atomic E-state index is -1.09. The molecule has 1 aliphatic heterocycles. The lowest BCUT2D eigenvalue weighted by Crippen LogP contribution is -2.61. The molecule has 0 aliphatic carbocycles. The summed E-state index contributed by atoms with van der Waals surface area (Å²) >= 11 is 1.61. The number of rotatable bonds is 6. The molecule has 23 heavy (non-hydrogen) atoms. The molecule has 1 aromatic rings. The maximum atomic E-state index is 13.4. The molecular formula is C17H30F2N2OS. The van der Waals surface area contributed by atoms with E-state index in [0.717, 1.165) is 17.9 Å². The van der Waals surface area contributed by atoms with Gasteiger partial charge in [-0.1, -0.05) is 13.8 Å². The van der Waals surface area contributed by atoms with Crippen LogP contribution < -0.4 is 5.73 Å². The molecule has 0 spiro atoms. The molecule has 0 atom stereocenters. The molecule has 1 fully saturated rings. The molecule has 134 valence electrons. The lowest BCUT2D eigenvalue weighted by Gasteiger charge is -2.44. The van der Waals surface area contributed by atoms with Crippen molar-refractivity contribution >= 4 is 11.8 Å². The number of nitrogens with two attached hydrogens (primary N) is 1. The van der Waals surface area contributed by atoms with Crippen molar-refractivity contribution in [3.05, 3.63) is 30.1 Å². The predicted octanol–water partition coefficient (Wildman–Crippen LogP) is 3.58. The van der Waals surface area contributed by atoms with Crippen LogP contribution in [-0.2, 0) is 4.74 Å². The molecule has 2 N–H and O–H groups in total. The molecule has 0 bridgehead atoms. The predicted molar refractivity (Wildman–Crippen MR) is 95.4 cm³/mol. The van der Waals surface area contributed by atoms with Crippen molar-refractivity contribution in [3.8, 4) is 0 Å². The van der Waals surface area contributed by atoms with Gasteiger partial charge in [-0.15, -0.1) is 11.8 Å². The first-order valence-electron chi connectivity index (χ1n) is 7.93. The highest BCUT2D eigenvalue weighted by Gasteiger charge is 2.42. The van der Waals surface area contributed by atoms with E-state index in [4.69, 9.17) is 10.5 Å². The van der Waals surface area contributed by atoms with E-state index >= 15 is 0 Å². The summed E-state index contributed by atoms with van der Waals surface area (Å²) in [7, 11) is 1.53. The van der Waals surface area contributed by atoms with E-state index in [2.05, 4.69) is 4.90 Å². The molecule has 0 amide bonds. The van der Waals surface area contributed by atoms with Crippen molar-refractivity contribution in [1.82, 2.24) is 4.90 Å². The Labute approximate surface area is 143 Å². The van der Waals surface area contributed by atoms with Crippen molar-refractivity contribution in [1.29, 1.82) is 0 Å². The first-order valence-corrected chi connectivity index (χ1v) is 9.15. The van der Waals surface area contributed by atoms with Gasteiger partial charge in [0.1, 0.15) is 5.82 Å². The van der Waals surface area contributed by atoms with Gasteiger partial charge < -0.3 is 10.5 Å². The van der Waals surface area contributed by atoms with E-state index in [9.17, 15) is 8.78 Å². The standard InChI is InChI=1S/C8H17FN2O.C7H7FS.C2H6/c1-12-7-8(9)5-11(6-8)4-2-3-10;1-9-7-4-2-6(8)3-5-7;1-2/h2-7,10H2,1H3;2-5H,1H3;1-2H3. The summed E-state index contributed by atoms with van der Waals surface area (Å²) in [5.41, 5.74) is 4.24. The number of ether oxygens (including phenoxy) is 1. The first-order chi connectivity index (χ1) is 11.0. The molecule has 6 heteroatoms. The van der Waals surface area contributed by atoms with Crippen LogP contribution in [0.15, 0.2) is 29.2 Å². The van der Waals surface area contributed by atoms with Crippen LogP contribution in [0.4, 0.5) is 8.78 Å². The Morgan fingerprint density at radius 1 is 1.26 bits per heavy atom. The van der Waals surface area contributed by atoms with Crippen LogP contribution in [0.25, 0.3) is 0 Å². The van der Waals surface area contributed by atoms with Crippen LogP contribution in [0.1, 0.15) is 20.3 Å². The third-order valence-corrected chi connectivity index (χ3v) is 3.89. The number of thioether (sulfide) groups is 1. The van der Waals surface area contributed by atoms with E-state index < -0.39 is 5.67 Å². The Hall–Kier alpha value is -0.690. The highest BCUT2D eigenvalue weighted by Crippen LogP contribution is 2.25. The minimum absolute atomic E-state index is 0.173. The number of halogens is 2. The van der Waals surface area contributed by atoms with E-state index in [0.29, 0.717) is 19.6 Å². The van der Waals surface area contributed by atoms with Crippen LogP contribution in [-0.4, -0.2) is 56.7 Å². The Morgan fingerprint density at radius 2 is 1.83 bits per heavy atom. The largest absolute Gasteiger partial charge is 0.381 e. The third kappa shape index (κ3) is 9.25. The maximum absolute atomic E-state index is 13.4. The monoisotopic (exact) mass is 348 g/mol. The van der Waals surface area contributed by atoms with E-state index in [-0.39, 0.29) is 12.4 Å². The number of likely N-dealkylation sites (tertiary alicyclic amines) is 1. The highest BCUT2D eigenvalue weighted by molar-refractivity contribution is 7.98. The number of hydrogen-bond donors (Lipinski definition) is 1. The molecule has 1 aromatic carbocycles. The number of hydrogen-bond acceptors (Lipinski definition) is 4. The first kappa shape index (κ1) is 22.3. The lowest BCUT2D eigenvalue weighted by atomic mass is 9.97. The van der Waals surface area contributed by atoms with Gasteiger partial charge in [0.05, 0.1) is 6.61 Å². The molecular weight excluding hydrogens is 318 g/mol. The number of benzene rings is 1. The van der Waals surface area contributed by atoms with E-state index in [1.807, 2.05) is 20.1 Å². The second kappa shape index (κ2) is 12.7. The second-order valence-corrected chi connectivity index (χ2v) is 5.97. The van der Waals surface area contributed by atoms with Crippen molar-refractivity contribution in [2.45, 2.75) is 30.8 Å². The number of alkyl halides is 1. The Balaban J connectivity index is 0.000000392. The van der Waals surface area contributed by atoms with Gasteiger partial charge in [-0.3, -0.25) is 4.90 Å². The van der Waals surface area contributed by atoms with Crippen molar-refractivity contribution in [3.63, 3.8) is 0 Å². The van der Waals surface area contributed by atoms with Crippen molar-refractivity contribution < 1.29 is 13.5 Å². The summed E-state index contributed by atoms with van der Waals surface area (Å²) in [5, 5.41) is 0. The maximum Gasteiger partial charge on any atom is 0.159 e. The fraction of sp³-hybridized carbons (Fsp3) is 0.647. The molecule has 1 saturated heterocycles. The SMILES string of the molecule is CC.COCC1(F)CN(CCCN)C1.CSc1ccc(F)cc1. The molecule has 0 aromatic heterocycles. The zero-order chi connectivity index (χ0) is 17.7. The molecule has 0 radical (unpaired) electrons. The third-order valence-electron chi connectivity index (χ3n) is 3.14. The van der Waals surface area contributed by atoms with Gasteiger partial charge in [0, 0.05) is 25.1 Å².